The summed E-state index contributed by atoms with van der Waals surface area (Å²) in [7, 11) is -3.97. The molecule has 8 nitrogen and oxygen atoms in total. The monoisotopic (exact) mass is 279 g/mol. The summed E-state index contributed by atoms with van der Waals surface area (Å²) < 4.78 is 22.7. The highest BCUT2D eigenvalue weighted by Gasteiger charge is 2.15. The number of primary amides is 1. The van der Waals surface area contributed by atoms with Gasteiger partial charge in [-0.25, -0.2) is 28.5 Å². The van der Waals surface area contributed by atoms with Crippen LogP contribution in [-0.4, -0.2) is 29.3 Å². The number of nitrogens with zero attached hydrogens (tertiary/aromatic N) is 3. The molecule has 0 atom stereocenters. The fourth-order valence-electron chi connectivity index (χ4n) is 1.42. The topological polar surface area (TPSA) is 142 Å². The van der Waals surface area contributed by atoms with Crippen LogP contribution in [0.3, 0.4) is 0 Å². The highest BCUT2D eigenvalue weighted by molar-refractivity contribution is 7.89. The molecule has 0 aliphatic rings. The van der Waals surface area contributed by atoms with Crippen LogP contribution in [0, 0.1) is 0 Å². The standard InChI is InChI=1S/C10H9N5O3S/c11-9(16)6-1-7(10-14-4-13-5-15-10)3-8(2-6)19(12,17)18/h1-5H,(H2,11,16)(H2,12,17,18). The molecular weight excluding hydrogens is 270 g/mol. The first-order valence-corrected chi connectivity index (χ1v) is 6.52. The summed E-state index contributed by atoms with van der Waals surface area (Å²) in [5.41, 5.74) is 5.46. The molecule has 1 amide bonds. The Bertz CT molecular complexity index is 730. The maximum absolute atomic E-state index is 11.4. The average Bonchev–Trinajstić information content (AvgIpc) is 2.38. The Morgan fingerprint density at radius 2 is 1.74 bits per heavy atom. The van der Waals surface area contributed by atoms with Crippen molar-refractivity contribution in [3.05, 3.63) is 36.4 Å². The molecule has 0 aliphatic heterocycles. The SMILES string of the molecule is NC(=O)c1cc(-c2ncncn2)cc(S(N)(=O)=O)c1. The third kappa shape index (κ3) is 2.89. The summed E-state index contributed by atoms with van der Waals surface area (Å²) >= 11 is 0. The molecule has 0 aliphatic carbocycles. The minimum atomic E-state index is -3.97. The third-order valence-electron chi connectivity index (χ3n) is 2.27. The molecule has 0 saturated heterocycles. The van der Waals surface area contributed by atoms with E-state index in [2.05, 4.69) is 15.0 Å². The van der Waals surface area contributed by atoms with Crippen molar-refractivity contribution in [1.82, 2.24) is 15.0 Å². The van der Waals surface area contributed by atoms with Gasteiger partial charge >= 0.3 is 0 Å². The molecule has 19 heavy (non-hydrogen) atoms. The molecule has 0 fully saturated rings. The van der Waals surface area contributed by atoms with Crippen molar-refractivity contribution >= 4 is 15.9 Å². The number of rotatable bonds is 3. The highest BCUT2D eigenvalue weighted by atomic mass is 32.2. The fourth-order valence-corrected chi connectivity index (χ4v) is 2.01. The first-order valence-electron chi connectivity index (χ1n) is 4.98. The van der Waals surface area contributed by atoms with Crippen molar-refractivity contribution in [3.8, 4) is 11.4 Å². The van der Waals surface area contributed by atoms with E-state index in [1.165, 1.54) is 24.8 Å². The van der Waals surface area contributed by atoms with E-state index in [1.54, 1.807) is 0 Å². The number of carbonyl (C=O) groups excluding carboxylic acids is 1. The van der Waals surface area contributed by atoms with Crippen molar-refractivity contribution in [1.29, 1.82) is 0 Å². The van der Waals surface area contributed by atoms with Crippen LogP contribution in [0.5, 0.6) is 0 Å². The maximum Gasteiger partial charge on any atom is 0.248 e. The van der Waals surface area contributed by atoms with Gasteiger partial charge in [0.05, 0.1) is 4.90 Å². The molecule has 2 aromatic rings. The number of primary sulfonamides is 1. The number of benzene rings is 1. The van der Waals surface area contributed by atoms with E-state index in [9.17, 15) is 13.2 Å². The van der Waals surface area contributed by atoms with Crippen LogP contribution >= 0.6 is 0 Å². The zero-order valence-corrected chi connectivity index (χ0v) is 10.3. The number of aromatic nitrogens is 3. The molecule has 1 aromatic heterocycles. The Morgan fingerprint density at radius 3 is 2.26 bits per heavy atom. The summed E-state index contributed by atoms with van der Waals surface area (Å²) in [5, 5.41) is 5.04. The molecule has 1 aromatic carbocycles. The number of sulfonamides is 1. The average molecular weight is 279 g/mol. The molecule has 1 heterocycles. The van der Waals surface area contributed by atoms with Gasteiger partial charge in [-0.15, -0.1) is 0 Å². The summed E-state index contributed by atoms with van der Waals surface area (Å²) in [5.74, 6) is -0.566. The van der Waals surface area contributed by atoms with E-state index in [1.807, 2.05) is 0 Å². The lowest BCUT2D eigenvalue weighted by molar-refractivity contribution is 0.1000. The van der Waals surface area contributed by atoms with Gasteiger partial charge in [0.25, 0.3) is 0 Å². The molecule has 0 saturated carbocycles. The van der Waals surface area contributed by atoms with Gasteiger partial charge in [0.1, 0.15) is 12.7 Å². The van der Waals surface area contributed by atoms with Gasteiger partial charge in [0.15, 0.2) is 5.82 Å². The summed E-state index contributed by atoms with van der Waals surface area (Å²) in [6.45, 7) is 0. The Balaban J connectivity index is 2.69. The molecule has 0 spiro atoms. The second-order valence-electron chi connectivity index (χ2n) is 3.62. The highest BCUT2D eigenvalue weighted by Crippen LogP contribution is 2.20. The minimum Gasteiger partial charge on any atom is -0.366 e. The van der Waals surface area contributed by atoms with E-state index in [4.69, 9.17) is 10.9 Å². The first kappa shape index (κ1) is 13.1. The quantitative estimate of drug-likeness (QED) is 0.759. The first-order chi connectivity index (χ1) is 8.88. The molecule has 0 bridgehead atoms. The number of amides is 1. The van der Waals surface area contributed by atoms with E-state index in [0.29, 0.717) is 5.56 Å². The Hall–Kier alpha value is -2.39. The number of hydrogen-bond acceptors (Lipinski definition) is 6. The molecule has 0 unspecified atom stereocenters. The lowest BCUT2D eigenvalue weighted by Gasteiger charge is -2.05. The lowest BCUT2D eigenvalue weighted by Crippen LogP contribution is -2.16. The molecule has 9 heteroatoms. The largest absolute Gasteiger partial charge is 0.366 e. The van der Waals surface area contributed by atoms with Gasteiger partial charge in [-0.3, -0.25) is 4.79 Å². The van der Waals surface area contributed by atoms with Crippen molar-refractivity contribution in [2.24, 2.45) is 10.9 Å². The van der Waals surface area contributed by atoms with Crippen LogP contribution in [0.4, 0.5) is 0 Å². The fraction of sp³-hybridized carbons (Fsp3) is 0. The second-order valence-corrected chi connectivity index (χ2v) is 5.18. The van der Waals surface area contributed by atoms with Crippen molar-refractivity contribution in [3.63, 3.8) is 0 Å². The second kappa shape index (κ2) is 4.71. The van der Waals surface area contributed by atoms with Crippen LogP contribution in [0.15, 0.2) is 35.7 Å². The van der Waals surface area contributed by atoms with Gasteiger partial charge in [-0.2, -0.15) is 0 Å². The van der Waals surface area contributed by atoms with Crippen LogP contribution in [0.25, 0.3) is 11.4 Å². The lowest BCUT2D eigenvalue weighted by atomic mass is 10.1. The van der Waals surface area contributed by atoms with Crippen LogP contribution in [0.2, 0.25) is 0 Å². The smallest absolute Gasteiger partial charge is 0.248 e. The van der Waals surface area contributed by atoms with Crippen molar-refractivity contribution < 1.29 is 13.2 Å². The zero-order valence-electron chi connectivity index (χ0n) is 9.52. The molecule has 98 valence electrons. The van der Waals surface area contributed by atoms with Gasteiger partial charge in [-0.1, -0.05) is 0 Å². The summed E-state index contributed by atoms with van der Waals surface area (Å²) in [6, 6.07) is 3.74. The van der Waals surface area contributed by atoms with Gasteiger partial charge < -0.3 is 5.73 Å². The number of nitrogens with two attached hydrogens (primary N) is 2. The van der Waals surface area contributed by atoms with E-state index >= 15 is 0 Å². The predicted molar refractivity (Wildman–Crippen MR) is 65.2 cm³/mol. The summed E-state index contributed by atoms with van der Waals surface area (Å²) in [6.07, 6.45) is 2.49. The van der Waals surface area contributed by atoms with Crippen LogP contribution in [-0.2, 0) is 10.0 Å². The van der Waals surface area contributed by atoms with Crippen LogP contribution < -0.4 is 10.9 Å². The van der Waals surface area contributed by atoms with Crippen molar-refractivity contribution in [2.45, 2.75) is 4.90 Å². The normalized spacial score (nSPS) is 11.2. The minimum absolute atomic E-state index is 0.00179. The number of hydrogen-bond donors (Lipinski definition) is 2. The van der Waals surface area contributed by atoms with Gasteiger partial charge in [0.2, 0.25) is 15.9 Å². The predicted octanol–water partition coefficient (Wildman–Crippen LogP) is -0.715. The van der Waals surface area contributed by atoms with E-state index in [-0.39, 0.29) is 16.3 Å². The van der Waals surface area contributed by atoms with Crippen LogP contribution in [0.1, 0.15) is 10.4 Å². The molecule has 0 radical (unpaired) electrons. The summed E-state index contributed by atoms with van der Waals surface area (Å²) in [4.78, 5) is 22.3. The molecular formula is C10H9N5O3S. The van der Waals surface area contributed by atoms with Crippen molar-refractivity contribution in [2.75, 3.05) is 0 Å². The maximum atomic E-state index is 11.4. The van der Waals surface area contributed by atoms with Gasteiger partial charge in [-0.05, 0) is 18.2 Å². The third-order valence-corrected chi connectivity index (χ3v) is 3.16. The number of carbonyl (C=O) groups is 1. The molecule has 4 N–H and O–H groups in total. The zero-order chi connectivity index (χ0) is 14.0. The van der Waals surface area contributed by atoms with Gasteiger partial charge in [0, 0.05) is 11.1 Å². The van der Waals surface area contributed by atoms with E-state index in [0.717, 1.165) is 6.07 Å². The Labute approximate surface area is 108 Å². The Kier molecular flexibility index (Phi) is 3.23. The van der Waals surface area contributed by atoms with E-state index < -0.39 is 15.9 Å². The Morgan fingerprint density at radius 1 is 1.11 bits per heavy atom. The molecule has 2 rings (SSSR count).